The van der Waals surface area contributed by atoms with E-state index in [2.05, 4.69) is 17.4 Å². The van der Waals surface area contributed by atoms with Crippen molar-refractivity contribution in [1.82, 2.24) is 5.32 Å². The Hall–Kier alpha value is -1.55. The topological polar surface area (TPSA) is 58.6 Å². The van der Waals surface area contributed by atoms with Crippen LogP contribution in [0.5, 0.6) is 5.75 Å². The molecule has 1 aromatic rings. The number of carbonyl (C=O) groups is 1. The molecule has 128 valence electrons. The average molecular weight is 319 g/mol. The average Bonchev–Trinajstić information content (AvgIpc) is 2.55. The van der Waals surface area contributed by atoms with E-state index in [1.54, 1.807) is 0 Å². The highest BCUT2D eigenvalue weighted by Gasteiger charge is 2.22. The van der Waals surface area contributed by atoms with E-state index in [9.17, 15) is 9.90 Å². The zero-order valence-electron chi connectivity index (χ0n) is 14.1. The number of hydrogen-bond donors (Lipinski definition) is 2. The molecule has 0 aromatic heterocycles. The Kier molecular flexibility index (Phi) is 7.40. The molecule has 2 N–H and O–H groups in total. The van der Waals surface area contributed by atoms with Crippen molar-refractivity contribution in [3.63, 3.8) is 0 Å². The normalized spacial score (nSPS) is 21.0. The lowest BCUT2D eigenvalue weighted by Crippen LogP contribution is -2.27. The summed E-state index contributed by atoms with van der Waals surface area (Å²) in [7, 11) is 0. The molecule has 0 aliphatic heterocycles. The molecule has 1 saturated carbocycles. The minimum Gasteiger partial charge on any atom is -0.492 e. The van der Waals surface area contributed by atoms with E-state index in [0.717, 1.165) is 37.9 Å². The minimum atomic E-state index is -0.147. The lowest BCUT2D eigenvalue weighted by molar-refractivity contribution is -0.121. The maximum absolute atomic E-state index is 11.3. The molecule has 1 aromatic carbocycles. The van der Waals surface area contributed by atoms with Crippen LogP contribution in [0.1, 0.15) is 51.0 Å². The standard InChI is InChI=1S/C19H29NO3/c1-2-5-19(22)20-12-13-23-17-10-8-15(9-11-17)14-16-6-3-4-7-18(16)21/h8-11,16,18,21H,2-7,12-14H2,1H3,(H,20,22)/t16-,18-/m0/s1. The summed E-state index contributed by atoms with van der Waals surface area (Å²) in [5.74, 6) is 1.30. The molecule has 23 heavy (non-hydrogen) atoms. The molecular weight excluding hydrogens is 290 g/mol. The van der Waals surface area contributed by atoms with Gasteiger partial charge in [-0.25, -0.2) is 0 Å². The zero-order chi connectivity index (χ0) is 16.5. The quantitative estimate of drug-likeness (QED) is 0.724. The highest BCUT2D eigenvalue weighted by atomic mass is 16.5. The van der Waals surface area contributed by atoms with Gasteiger partial charge in [0.15, 0.2) is 0 Å². The summed E-state index contributed by atoms with van der Waals surface area (Å²) in [4.78, 5) is 11.3. The predicted molar refractivity (Wildman–Crippen MR) is 91.5 cm³/mol. The van der Waals surface area contributed by atoms with Gasteiger partial charge in [0.05, 0.1) is 12.6 Å². The Bertz CT molecular complexity index is 472. The van der Waals surface area contributed by atoms with Crippen molar-refractivity contribution in [2.75, 3.05) is 13.2 Å². The number of aliphatic hydroxyl groups excluding tert-OH is 1. The van der Waals surface area contributed by atoms with Gasteiger partial charge in [0.25, 0.3) is 0 Å². The number of ether oxygens (including phenoxy) is 1. The highest BCUT2D eigenvalue weighted by Crippen LogP contribution is 2.27. The number of aliphatic hydroxyl groups is 1. The van der Waals surface area contributed by atoms with Gasteiger partial charge in [-0.15, -0.1) is 0 Å². The number of rotatable bonds is 8. The van der Waals surface area contributed by atoms with Crippen molar-refractivity contribution in [2.45, 2.75) is 58.0 Å². The monoisotopic (exact) mass is 319 g/mol. The summed E-state index contributed by atoms with van der Waals surface area (Å²) < 4.78 is 5.64. The predicted octanol–water partition coefficient (Wildman–Crippen LogP) is 3.08. The maximum Gasteiger partial charge on any atom is 0.220 e. The van der Waals surface area contributed by atoms with E-state index in [-0.39, 0.29) is 12.0 Å². The van der Waals surface area contributed by atoms with Gasteiger partial charge in [-0.3, -0.25) is 4.79 Å². The van der Waals surface area contributed by atoms with E-state index >= 15 is 0 Å². The van der Waals surface area contributed by atoms with Gasteiger partial charge in [0.1, 0.15) is 12.4 Å². The first-order valence-corrected chi connectivity index (χ1v) is 8.85. The molecule has 1 fully saturated rings. The Morgan fingerprint density at radius 1 is 1.26 bits per heavy atom. The second kappa shape index (κ2) is 9.56. The largest absolute Gasteiger partial charge is 0.492 e. The summed E-state index contributed by atoms with van der Waals surface area (Å²) in [5.41, 5.74) is 1.25. The third-order valence-electron chi connectivity index (χ3n) is 4.46. The molecule has 0 unspecified atom stereocenters. The van der Waals surface area contributed by atoms with Gasteiger partial charge in [0.2, 0.25) is 5.91 Å². The number of benzene rings is 1. The Labute approximate surface area is 139 Å². The van der Waals surface area contributed by atoms with Gasteiger partial charge >= 0.3 is 0 Å². The molecule has 0 saturated heterocycles. The molecule has 1 aliphatic rings. The van der Waals surface area contributed by atoms with Crippen LogP contribution in [0.15, 0.2) is 24.3 Å². The first kappa shape index (κ1) is 17.8. The summed E-state index contributed by atoms with van der Waals surface area (Å²) in [6.45, 7) is 3.01. The van der Waals surface area contributed by atoms with E-state index in [1.807, 2.05) is 19.1 Å². The molecule has 2 atom stereocenters. The number of amides is 1. The fourth-order valence-electron chi connectivity index (χ4n) is 3.13. The Morgan fingerprint density at radius 3 is 2.70 bits per heavy atom. The summed E-state index contributed by atoms with van der Waals surface area (Å²) in [6.07, 6.45) is 6.67. The third kappa shape index (κ3) is 6.22. The van der Waals surface area contributed by atoms with Gasteiger partial charge in [-0.2, -0.15) is 0 Å². The lowest BCUT2D eigenvalue weighted by Gasteiger charge is -2.27. The van der Waals surface area contributed by atoms with Gasteiger partial charge in [-0.05, 0) is 49.3 Å². The molecule has 4 heteroatoms. The fraction of sp³-hybridized carbons (Fsp3) is 0.632. The van der Waals surface area contributed by atoms with Crippen molar-refractivity contribution in [3.05, 3.63) is 29.8 Å². The smallest absolute Gasteiger partial charge is 0.220 e. The first-order valence-electron chi connectivity index (χ1n) is 8.85. The molecule has 0 bridgehead atoms. The van der Waals surface area contributed by atoms with Crippen LogP contribution in [0.4, 0.5) is 0 Å². The molecule has 1 aliphatic carbocycles. The van der Waals surface area contributed by atoms with Gasteiger partial charge in [0, 0.05) is 6.42 Å². The van der Waals surface area contributed by atoms with Crippen LogP contribution in [0.2, 0.25) is 0 Å². The van der Waals surface area contributed by atoms with E-state index in [1.165, 1.54) is 12.0 Å². The first-order chi connectivity index (χ1) is 11.2. The maximum atomic E-state index is 11.3. The van der Waals surface area contributed by atoms with Crippen molar-refractivity contribution < 1.29 is 14.6 Å². The van der Waals surface area contributed by atoms with Crippen molar-refractivity contribution in [3.8, 4) is 5.75 Å². The van der Waals surface area contributed by atoms with Crippen LogP contribution in [0.3, 0.4) is 0 Å². The van der Waals surface area contributed by atoms with Crippen LogP contribution in [0, 0.1) is 5.92 Å². The van der Waals surface area contributed by atoms with Crippen molar-refractivity contribution in [2.24, 2.45) is 5.92 Å². The molecule has 0 spiro atoms. The zero-order valence-corrected chi connectivity index (χ0v) is 14.1. The van der Waals surface area contributed by atoms with Crippen molar-refractivity contribution >= 4 is 5.91 Å². The molecular formula is C19H29NO3. The van der Waals surface area contributed by atoms with E-state index in [4.69, 9.17) is 4.74 Å². The fourth-order valence-corrected chi connectivity index (χ4v) is 3.13. The SMILES string of the molecule is CCCC(=O)NCCOc1ccc(C[C@@H]2CCCC[C@@H]2O)cc1. The minimum absolute atomic E-state index is 0.0810. The van der Waals surface area contributed by atoms with E-state index < -0.39 is 0 Å². The van der Waals surface area contributed by atoms with Gasteiger partial charge in [-0.1, -0.05) is 31.9 Å². The Balaban J connectivity index is 1.70. The molecule has 0 radical (unpaired) electrons. The second-order valence-electron chi connectivity index (χ2n) is 6.41. The Morgan fingerprint density at radius 2 is 2.00 bits per heavy atom. The van der Waals surface area contributed by atoms with Crippen molar-refractivity contribution in [1.29, 1.82) is 0 Å². The highest BCUT2D eigenvalue weighted by molar-refractivity contribution is 5.75. The summed E-state index contributed by atoms with van der Waals surface area (Å²) in [5, 5.41) is 12.9. The van der Waals surface area contributed by atoms with Crippen LogP contribution in [-0.4, -0.2) is 30.3 Å². The molecule has 2 rings (SSSR count). The second-order valence-corrected chi connectivity index (χ2v) is 6.41. The van der Waals surface area contributed by atoms with Crippen LogP contribution in [0.25, 0.3) is 0 Å². The summed E-state index contributed by atoms with van der Waals surface area (Å²) in [6, 6.07) is 8.09. The number of hydrogen-bond acceptors (Lipinski definition) is 3. The number of nitrogens with one attached hydrogen (secondary N) is 1. The van der Waals surface area contributed by atoms with Gasteiger partial charge < -0.3 is 15.2 Å². The third-order valence-corrected chi connectivity index (χ3v) is 4.46. The molecule has 4 nitrogen and oxygen atoms in total. The lowest BCUT2D eigenvalue weighted by atomic mass is 9.82. The van der Waals surface area contributed by atoms with E-state index in [0.29, 0.717) is 25.5 Å². The van der Waals surface area contributed by atoms with Crippen LogP contribution < -0.4 is 10.1 Å². The molecule has 0 heterocycles. The molecule has 1 amide bonds. The summed E-state index contributed by atoms with van der Waals surface area (Å²) >= 11 is 0. The number of carbonyl (C=O) groups excluding carboxylic acids is 1. The van der Waals surface area contributed by atoms with Crippen LogP contribution >= 0.6 is 0 Å². The van der Waals surface area contributed by atoms with Crippen LogP contribution in [-0.2, 0) is 11.2 Å².